The van der Waals surface area contributed by atoms with Gasteiger partial charge in [-0.15, -0.1) is 0 Å². The number of rotatable bonds is 5. The van der Waals surface area contributed by atoms with Crippen LogP contribution in [0.25, 0.3) is 5.69 Å². The highest BCUT2D eigenvalue weighted by Crippen LogP contribution is 2.37. The summed E-state index contributed by atoms with van der Waals surface area (Å²) in [5, 5.41) is 3.32. The average molecular weight is 617 g/mol. The number of aromatic nitrogens is 2. The van der Waals surface area contributed by atoms with Gasteiger partial charge in [0.2, 0.25) is 5.95 Å². The molecule has 0 radical (unpaired) electrons. The minimum absolute atomic E-state index is 0.0407. The molecule has 2 aliphatic rings. The number of anilines is 1. The van der Waals surface area contributed by atoms with Crippen LogP contribution in [-0.2, 0) is 13.0 Å². The van der Waals surface area contributed by atoms with Crippen LogP contribution < -0.4 is 15.8 Å². The topological polar surface area (TPSA) is 87.5 Å². The van der Waals surface area contributed by atoms with Gasteiger partial charge in [-0.1, -0.05) is 53.5 Å². The van der Waals surface area contributed by atoms with Gasteiger partial charge in [0, 0.05) is 36.3 Å². The van der Waals surface area contributed by atoms with Crippen molar-refractivity contribution >= 4 is 41.0 Å². The number of amides is 2. The number of halogens is 2. The van der Waals surface area contributed by atoms with Crippen molar-refractivity contribution in [2.75, 3.05) is 18.5 Å². The molecule has 1 N–H and O–H groups in total. The predicted molar refractivity (Wildman–Crippen MR) is 168 cm³/mol. The second-order valence-electron chi connectivity index (χ2n) is 11.0. The largest absolute Gasteiger partial charge is 0.355 e. The molecule has 0 saturated carbocycles. The molecule has 1 fully saturated rings. The summed E-state index contributed by atoms with van der Waals surface area (Å²) in [5.74, 6) is 0.128. The van der Waals surface area contributed by atoms with Crippen LogP contribution in [0.1, 0.15) is 63.3 Å². The lowest BCUT2D eigenvalue weighted by Gasteiger charge is -2.36. The molecule has 2 aliphatic heterocycles. The van der Waals surface area contributed by atoms with Crippen LogP contribution in [0.15, 0.2) is 77.6 Å². The van der Waals surface area contributed by atoms with Gasteiger partial charge in [0.05, 0.1) is 34.0 Å². The summed E-state index contributed by atoms with van der Waals surface area (Å²) in [6.07, 6.45) is 2.22. The van der Waals surface area contributed by atoms with E-state index in [9.17, 15) is 14.4 Å². The molecule has 0 spiro atoms. The molecule has 0 aliphatic carbocycles. The summed E-state index contributed by atoms with van der Waals surface area (Å²) in [6.45, 7) is 2.85. The molecular formula is C33H31Cl2N5O3. The maximum Gasteiger partial charge on any atom is 0.263 e. The first-order valence-electron chi connectivity index (χ1n) is 14.3. The first kappa shape index (κ1) is 29.0. The molecular weight excluding hydrogens is 585 g/mol. The SMILES string of the molecule is CNC(=O)c1ccc(-n2c(N3CCCC3c3ccccc3)nc3c(c2=O)C[C@@H](C)N(C(=O)c2ccc(Cl)c(Cl)c2)C3)cc1. The third-order valence-corrected chi connectivity index (χ3v) is 9.07. The number of nitrogens with one attached hydrogen (secondary N) is 1. The Morgan fingerprint density at radius 3 is 2.37 bits per heavy atom. The number of carbonyl (C=O) groups is 2. The smallest absolute Gasteiger partial charge is 0.263 e. The number of hydrogen-bond donors (Lipinski definition) is 1. The van der Waals surface area contributed by atoms with Crippen molar-refractivity contribution in [3.8, 4) is 5.69 Å². The van der Waals surface area contributed by atoms with Gasteiger partial charge in [-0.05, 0) is 74.2 Å². The van der Waals surface area contributed by atoms with E-state index < -0.39 is 0 Å². The Bertz CT molecular complexity index is 1760. The first-order valence-corrected chi connectivity index (χ1v) is 15.1. The molecule has 2 atom stereocenters. The van der Waals surface area contributed by atoms with E-state index in [0.29, 0.717) is 50.5 Å². The molecule has 3 heterocycles. The number of benzene rings is 3. The van der Waals surface area contributed by atoms with Crippen LogP contribution in [0.4, 0.5) is 5.95 Å². The van der Waals surface area contributed by atoms with Gasteiger partial charge in [0.1, 0.15) is 0 Å². The van der Waals surface area contributed by atoms with E-state index in [1.807, 2.05) is 25.1 Å². The molecule has 3 aromatic carbocycles. The van der Waals surface area contributed by atoms with Crippen LogP contribution in [0.2, 0.25) is 10.0 Å². The van der Waals surface area contributed by atoms with E-state index in [1.54, 1.807) is 59.0 Å². The molecule has 0 bridgehead atoms. The molecule has 1 unspecified atom stereocenters. The van der Waals surface area contributed by atoms with Gasteiger partial charge in [0.25, 0.3) is 17.4 Å². The van der Waals surface area contributed by atoms with Gasteiger partial charge < -0.3 is 15.1 Å². The van der Waals surface area contributed by atoms with Crippen molar-refractivity contribution in [1.29, 1.82) is 0 Å². The third-order valence-electron chi connectivity index (χ3n) is 8.33. The highest BCUT2D eigenvalue weighted by molar-refractivity contribution is 6.42. The van der Waals surface area contributed by atoms with Crippen molar-refractivity contribution in [3.05, 3.63) is 121 Å². The highest BCUT2D eigenvalue weighted by atomic mass is 35.5. The van der Waals surface area contributed by atoms with Gasteiger partial charge in [-0.2, -0.15) is 0 Å². The van der Waals surface area contributed by atoms with E-state index >= 15 is 0 Å². The van der Waals surface area contributed by atoms with Crippen molar-refractivity contribution in [2.45, 2.75) is 44.8 Å². The summed E-state index contributed by atoms with van der Waals surface area (Å²) in [7, 11) is 1.58. The maximum absolute atomic E-state index is 14.4. The lowest BCUT2D eigenvalue weighted by molar-refractivity contribution is 0.0653. The number of carbonyl (C=O) groups excluding carboxylic acids is 2. The fourth-order valence-electron chi connectivity index (χ4n) is 6.07. The number of fused-ring (bicyclic) bond motifs is 1. The van der Waals surface area contributed by atoms with Crippen LogP contribution >= 0.6 is 23.2 Å². The summed E-state index contributed by atoms with van der Waals surface area (Å²) < 4.78 is 1.66. The van der Waals surface area contributed by atoms with Crippen molar-refractivity contribution in [2.24, 2.45) is 0 Å². The predicted octanol–water partition coefficient (Wildman–Crippen LogP) is 5.83. The Morgan fingerprint density at radius 1 is 0.953 bits per heavy atom. The van der Waals surface area contributed by atoms with Crippen LogP contribution in [-0.4, -0.2) is 45.9 Å². The first-order chi connectivity index (χ1) is 20.8. The van der Waals surface area contributed by atoms with E-state index in [1.165, 1.54) is 0 Å². The molecule has 6 rings (SSSR count). The standard InChI is InChI=1S/C33H31Cl2N5O3/c1-20-17-25-28(19-39(20)31(42)23-12-15-26(34)27(35)18-23)37-33(38-16-6-9-29(38)21-7-4-3-5-8-21)40(32(25)43)24-13-10-22(11-14-24)30(41)36-2/h3-5,7-8,10-15,18,20,29H,6,9,16-17,19H2,1-2H3,(H,36,41)/t20-,29?/m1/s1. The van der Waals surface area contributed by atoms with E-state index in [0.717, 1.165) is 24.9 Å². The zero-order chi connectivity index (χ0) is 30.2. The lowest BCUT2D eigenvalue weighted by Crippen LogP contribution is -2.46. The van der Waals surface area contributed by atoms with Gasteiger partial charge in [-0.25, -0.2) is 9.55 Å². The normalized spacial score (nSPS) is 18.0. The second-order valence-corrected chi connectivity index (χ2v) is 11.8. The molecule has 1 aromatic heterocycles. The minimum Gasteiger partial charge on any atom is -0.355 e. The quantitative estimate of drug-likeness (QED) is 0.305. The molecule has 2 amide bonds. The molecule has 1 saturated heterocycles. The van der Waals surface area contributed by atoms with E-state index in [-0.39, 0.29) is 36.0 Å². The second kappa shape index (κ2) is 11.9. The Labute approximate surface area is 259 Å². The Hall–Kier alpha value is -4.14. The Morgan fingerprint density at radius 2 is 1.67 bits per heavy atom. The van der Waals surface area contributed by atoms with Crippen LogP contribution in [0.3, 0.4) is 0 Å². The Balaban J connectivity index is 1.46. The van der Waals surface area contributed by atoms with Crippen LogP contribution in [0.5, 0.6) is 0 Å². The minimum atomic E-state index is -0.247. The van der Waals surface area contributed by atoms with Gasteiger partial charge >= 0.3 is 0 Å². The summed E-state index contributed by atoms with van der Waals surface area (Å²) >= 11 is 12.3. The Kier molecular flexibility index (Phi) is 7.99. The molecule has 4 aromatic rings. The number of nitrogens with zero attached hydrogens (tertiary/aromatic N) is 4. The van der Waals surface area contributed by atoms with E-state index in [2.05, 4.69) is 22.3 Å². The maximum atomic E-state index is 14.4. The third kappa shape index (κ3) is 5.41. The highest BCUT2D eigenvalue weighted by Gasteiger charge is 2.35. The van der Waals surface area contributed by atoms with Crippen molar-refractivity contribution in [1.82, 2.24) is 19.8 Å². The summed E-state index contributed by atoms with van der Waals surface area (Å²) in [6, 6.07) is 21.8. The van der Waals surface area contributed by atoms with Gasteiger partial charge in [0.15, 0.2) is 0 Å². The lowest BCUT2D eigenvalue weighted by atomic mass is 9.98. The molecule has 220 valence electrons. The summed E-state index contributed by atoms with van der Waals surface area (Å²) in [5.41, 5.74) is 3.71. The molecule has 8 nitrogen and oxygen atoms in total. The molecule has 43 heavy (non-hydrogen) atoms. The molecule has 10 heteroatoms. The van der Waals surface area contributed by atoms with E-state index in [4.69, 9.17) is 28.2 Å². The van der Waals surface area contributed by atoms with Crippen molar-refractivity contribution < 1.29 is 9.59 Å². The zero-order valence-electron chi connectivity index (χ0n) is 23.9. The number of hydrogen-bond acceptors (Lipinski definition) is 5. The van der Waals surface area contributed by atoms with Crippen LogP contribution in [0, 0.1) is 0 Å². The fraction of sp³-hybridized carbons (Fsp3) is 0.273. The summed E-state index contributed by atoms with van der Waals surface area (Å²) in [4.78, 5) is 49.3. The average Bonchev–Trinajstić information content (AvgIpc) is 3.52. The van der Waals surface area contributed by atoms with Gasteiger partial charge in [-0.3, -0.25) is 14.4 Å². The van der Waals surface area contributed by atoms with Crippen molar-refractivity contribution in [3.63, 3.8) is 0 Å². The zero-order valence-corrected chi connectivity index (χ0v) is 25.4. The fourth-order valence-corrected chi connectivity index (χ4v) is 6.37. The monoisotopic (exact) mass is 615 g/mol.